The molecule has 1 amide bonds. The van der Waals surface area contributed by atoms with Gasteiger partial charge in [0.2, 0.25) is 5.91 Å². The Balaban J connectivity index is 0.000000109. The average Bonchev–Trinajstić information content (AvgIpc) is 1.61. The zero-order valence-electron chi connectivity index (χ0n) is 68.7. The summed E-state index contributed by atoms with van der Waals surface area (Å²) in [6.07, 6.45) is 24.8. The minimum atomic E-state index is -0.806. The van der Waals surface area contributed by atoms with Gasteiger partial charge in [-0.1, -0.05) is 92.2 Å². The third kappa shape index (κ3) is 15.0. The molecule has 10 unspecified atom stereocenters. The zero-order valence-corrected chi connectivity index (χ0v) is 69.4. The Hall–Kier alpha value is -10.9. The number of aryl methyl sites for hydroxylation is 3. The average molecular weight is 1620 g/mol. The SMILES string of the molecule is CN1C2CCC1c1c(n(CC(N=[N+]=[N-])c3ccc(F)cc3)c3ccc(Cl)cc13)C2.Cc1ccc2c(c1)c1c(n2CC(C(=O)N2CCCC2)c2cccnc2)CC2CCC1N2C.Cc1ccc2c(c1)c1c(n2CC(C)(N=[N+]=[N-])c2ccc(F)cc2)CCN2CCCC12.Cc1ccc2c(c1)c1c(n2CC(N=[N+]=[N-])c2cnccn2)CCN2CCCC12. The van der Waals surface area contributed by atoms with E-state index in [2.05, 4.69) is 195 Å². The van der Waals surface area contributed by atoms with Crippen molar-refractivity contribution in [2.45, 2.75) is 204 Å². The van der Waals surface area contributed by atoms with E-state index in [0.717, 1.165) is 98.4 Å². The molecule has 610 valence electrons. The predicted molar refractivity (Wildman–Crippen MR) is 464 cm³/mol. The standard InChI is InChI=1S/C27H32N4O.C24H26FN5.C22H21ClFN5.C21H23N7/c1-18-7-9-23-21(14-18)26-24-10-8-20(29(24)2)15-25(26)31(23)17-22(19-6-5-11-28-16-19)27(32)30-12-3-4-13-30;1-16-5-10-20-19(14-16)23-21-4-3-12-29(21)13-11-22(23)30(20)15-24(2,27-28-26)17-6-8-18(25)9-7-17;1-28-16-7-9-20(28)22-17-10-14(23)4-8-19(17)29(21(22)11-16)12-18(26-27-25)13-2-5-15(24)6-3-13;1-14-4-5-18-15(11-14)21-19-3-2-9-27(19)10-6-20(21)28(18)13-17(25-26-22)16-12-23-7-8-24-16/h5-7,9,11,14,16,20,22,24H,3-4,8,10,12-13,15,17H2,1-2H3;5-10,14,21H,3-4,11-13,15H2,1-2H3;2-6,8,10,16,18,20H,7,9,11-12H2,1H3;4-5,7-8,11-12,17,19H,2-3,6,9-10,13H2,1H3. The molecule has 119 heavy (non-hydrogen) atoms. The number of nitrogens with zero attached hydrogens (tertiary/aromatic N) is 21. The summed E-state index contributed by atoms with van der Waals surface area (Å²) >= 11 is 6.35. The van der Waals surface area contributed by atoms with E-state index in [4.69, 9.17) is 22.7 Å². The largest absolute Gasteiger partial charge is 0.343 e. The molecule has 4 bridgehead atoms. The maximum atomic E-state index is 13.7. The topological polar surface area (TPSA) is 238 Å². The number of azide groups is 3. The molecule has 9 aliphatic heterocycles. The first-order valence-electron chi connectivity index (χ1n) is 42.6. The molecule has 0 spiro atoms. The number of benzene rings is 6. The third-order valence-corrected chi connectivity index (χ3v) is 28.0. The van der Waals surface area contributed by atoms with E-state index in [0.29, 0.717) is 68.1 Å². The normalized spacial score (nSPS) is 21.5. The summed E-state index contributed by atoms with van der Waals surface area (Å²) in [5, 5.41) is 18.3. The molecule has 22 nitrogen and oxygen atoms in total. The van der Waals surface area contributed by atoms with Crippen molar-refractivity contribution in [3.05, 3.63) is 297 Å². The molecule has 10 atom stereocenters. The van der Waals surface area contributed by atoms with Crippen LogP contribution in [0.2, 0.25) is 5.02 Å². The highest BCUT2D eigenvalue weighted by Crippen LogP contribution is 2.52. The van der Waals surface area contributed by atoms with Crippen LogP contribution in [-0.2, 0) is 62.2 Å². The summed E-state index contributed by atoms with van der Waals surface area (Å²) in [5.74, 6) is -0.525. The molecule has 15 heterocycles. The van der Waals surface area contributed by atoms with Crippen molar-refractivity contribution in [2.24, 2.45) is 15.3 Å². The van der Waals surface area contributed by atoms with Crippen molar-refractivity contribution in [3.8, 4) is 0 Å². The zero-order chi connectivity index (χ0) is 81.9. The van der Waals surface area contributed by atoms with Crippen LogP contribution >= 0.6 is 11.6 Å². The summed E-state index contributed by atoms with van der Waals surface area (Å²) in [6.45, 7) is 17.1. The fourth-order valence-corrected chi connectivity index (χ4v) is 22.2. The molecule has 6 aromatic heterocycles. The lowest BCUT2D eigenvalue weighted by molar-refractivity contribution is -0.132. The Kier molecular flexibility index (Phi) is 22.2. The van der Waals surface area contributed by atoms with Crippen LogP contribution in [0.3, 0.4) is 0 Å². The molecule has 5 fully saturated rings. The van der Waals surface area contributed by atoms with Gasteiger partial charge in [0.15, 0.2) is 0 Å². The van der Waals surface area contributed by atoms with Crippen LogP contribution in [0.5, 0.6) is 0 Å². The molecule has 25 heteroatoms. The van der Waals surface area contributed by atoms with Crippen LogP contribution in [0.1, 0.15) is 197 Å². The number of amides is 1. The number of likely N-dealkylation sites (tertiary alicyclic amines) is 1. The lowest BCUT2D eigenvalue weighted by atomic mass is 9.92. The molecule has 0 saturated carbocycles. The van der Waals surface area contributed by atoms with E-state index in [1.807, 2.05) is 25.3 Å². The number of hydrogen-bond acceptors (Lipinski definition) is 11. The van der Waals surface area contributed by atoms with Crippen molar-refractivity contribution < 1.29 is 13.6 Å². The highest BCUT2D eigenvalue weighted by molar-refractivity contribution is 6.31. The maximum Gasteiger partial charge on any atom is 0.231 e. The Morgan fingerprint density at radius 3 is 1.55 bits per heavy atom. The summed E-state index contributed by atoms with van der Waals surface area (Å²) in [5.41, 5.74) is 50.2. The van der Waals surface area contributed by atoms with E-state index in [1.165, 1.54) is 182 Å². The van der Waals surface area contributed by atoms with Crippen molar-refractivity contribution in [3.63, 3.8) is 0 Å². The quantitative estimate of drug-likeness (QED) is 0.0511. The molecule has 0 aliphatic carbocycles. The van der Waals surface area contributed by atoms with Crippen LogP contribution in [0.15, 0.2) is 180 Å². The van der Waals surface area contributed by atoms with Crippen molar-refractivity contribution in [1.82, 2.24) is 57.7 Å². The lowest BCUT2D eigenvalue weighted by Crippen LogP contribution is -2.37. The first kappa shape index (κ1) is 79.2. The van der Waals surface area contributed by atoms with Gasteiger partial charge >= 0.3 is 0 Å². The Labute approximate surface area is 697 Å². The van der Waals surface area contributed by atoms with E-state index in [-0.39, 0.29) is 29.5 Å². The van der Waals surface area contributed by atoms with Gasteiger partial charge in [0.1, 0.15) is 11.6 Å². The number of rotatable bonds is 16. The van der Waals surface area contributed by atoms with E-state index < -0.39 is 11.6 Å². The van der Waals surface area contributed by atoms with Crippen LogP contribution in [0.4, 0.5) is 8.78 Å². The molecular weight excluding hydrogens is 1510 g/mol. The van der Waals surface area contributed by atoms with Gasteiger partial charge in [-0.2, -0.15) is 0 Å². The molecule has 6 aromatic carbocycles. The summed E-state index contributed by atoms with van der Waals surface area (Å²) < 4.78 is 36.4. The van der Waals surface area contributed by atoms with E-state index >= 15 is 0 Å². The Morgan fingerprint density at radius 1 is 0.513 bits per heavy atom. The van der Waals surface area contributed by atoms with Crippen molar-refractivity contribution >= 4 is 61.1 Å². The number of likely N-dealkylation sites (N-methyl/N-ethyl adjacent to an activating group) is 2. The number of carbonyl (C=O) groups excluding carboxylic acids is 1. The number of pyridine rings is 1. The second-order valence-corrected chi connectivity index (χ2v) is 35.1. The second kappa shape index (κ2) is 33.4. The number of carbonyl (C=O) groups is 1. The molecule has 12 aromatic rings. The van der Waals surface area contributed by atoms with Gasteiger partial charge in [-0.25, -0.2) is 8.78 Å². The minimum absolute atomic E-state index is 0.194. The molecular formula is C94H102ClF2N21O. The highest BCUT2D eigenvalue weighted by Gasteiger charge is 2.45. The predicted octanol–water partition coefficient (Wildman–Crippen LogP) is 21.1. The lowest BCUT2D eigenvalue weighted by Gasteiger charge is -2.33. The Bertz CT molecular complexity index is 5980. The fraction of sp³-hybridized carbons (Fsp3) is 0.426. The van der Waals surface area contributed by atoms with Gasteiger partial charge in [-0.05, 0) is 260 Å². The van der Waals surface area contributed by atoms with Crippen LogP contribution < -0.4 is 0 Å². The number of aromatic nitrogens is 7. The fourth-order valence-electron chi connectivity index (χ4n) is 22.0. The van der Waals surface area contributed by atoms with E-state index in [9.17, 15) is 19.1 Å². The first-order chi connectivity index (χ1) is 57.9. The van der Waals surface area contributed by atoms with Crippen LogP contribution in [0, 0.1) is 32.4 Å². The number of halogens is 3. The summed E-state index contributed by atoms with van der Waals surface area (Å²) in [4.78, 5) is 48.3. The van der Waals surface area contributed by atoms with Crippen molar-refractivity contribution in [1.29, 1.82) is 0 Å². The van der Waals surface area contributed by atoms with Gasteiger partial charge in [0, 0.05) is 231 Å². The molecule has 9 aliphatic rings. The first-order valence-corrected chi connectivity index (χ1v) is 43.0. The van der Waals surface area contributed by atoms with Gasteiger partial charge in [0.25, 0.3) is 0 Å². The molecule has 0 N–H and O–H groups in total. The monoisotopic (exact) mass is 1610 g/mol. The van der Waals surface area contributed by atoms with Crippen LogP contribution in [-0.4, -0.2) is 129 Å². The van der Waals surface area contributed by atoms with Gasteiger partial charge < -0.3 is 23.2 Å². The molecule has 21 rings (SSSR count). The van der Waals surface area contributed by atoms with Gasteiger partial charge in [-0.15, -0.1) is 0 Å². The van der Waals surface area contributed by atoms with Gasteiger partial charge in [0.05, 0.1) is 29.2 Å². The molecule has 0 radical (unpaired) electrons. The van der Waals surface area contributed by atoms with E-state index in [1.54, 1.807) is 49.1 Å². The van der Waals surface area contributed by atoms with Gasteiger partial charge in [-0.3, -0.25) is 39.3 Å². The Morgan fingerprint density at radius 2 is 1.01 bits per heavy atom. The smallest absolute Gasteiger partial charge is 0.231 e. The second-order valence-electron chi connectivity index (χ2n) is 34.7. The minimum Gasteiger partial charge on any atom is -0.343 e. The third-order valence-electron chi connectivity index (χ3n) is 27.8. The number of hydrogen-bond donors (Lipinski definition) is 0. The summed E-state index contributed by atoms with van der Waals surface area (Å²) in [6, 6.07) is 45.1. The van der Waals surface area contributed by atoms with Crippen LogP contribution in [0.25, 0.3) is 74.9 Å². The van der Waals surface area contributed by atoms with Crippen molar-refractivity contribution in [2.75, 3.05) is 53.4 Å². The summed E-state index contributed by atoms with van der Waals surface area (Å²) in [7, 11) is 4.50. The maximum absolute atomic E-state index is 13.7. The highest BCUT2D eigenvalue weighted by atomic mass is 35.5. The molecule has 5 saturated heterocycles. The number of fused-ring (bicyclic) bond motifs is 22.